The Morgan fingerprint density at radius 2 is 1.88 bits per heavy atom. The Morgan fingerprint density at radius 3 is 2.50 bits per heavy atom. The molecule has 2 heterocycles. The highest BCUT2D eigenvalue weighted by atomic mass is 32.2. The standard InChI is InChI=1S/C24H25N3O5S2/c1-5-13-27-22-20(31-4)7-6-8-21(22)33-24(27)25-23(28)18-9-11-19(12-10-18)34(29,30)26-14-16(2)32-17(3)15-26/h1,6-12,16-17H,13-15H2,2-4H3/t16-,17+. The van der Waals surface area contributed by atoms with E-state index in [2.05, 4.69) is 10.9 Å². The summed E-state index contributed by atoms with van der Waals surface area (Å²) in [6.07, 6.45) is 5.17. The average molecular weight is 500 g/mol. The lowest BCUT2D eigenvalue weighted by Gasteiger charge is -2.34. The highest BCUT2D eigenvalue weighted by molar-refractivity contribution is 7.89. The van der Waals surface area contributed by atoms with Crippen molar-refractivity contribution >= 4 is 37.5 Å². The maximum Gasteiger partial charge on any atom is 0.279 e. The molecule has 1 aliphatic heterocycles. The zero-order chi connectivity index (χ0) is 24.5. The highest BCUT2D eigenvalue weighted by Crippen LogP contribution is 2.27. The topological polar surface area (TPSA) is 90.2 Å². The van der Waals surface area contributed by atoms with Crippen molar-refractivity contribution in [3.05, 3.63) is 52.8 Å². The number of nitrogens with zero attached hydrogens (tertiary/aromatic N) is 3. The number of aromatic nitrogens is 1. The van der Waals surface area contributed by atoms with Crippen LogP contribution >= 0.6 is 11.3 Å². The molecule has 0 unspecified atom stereocenters. The fourth-order valence-electron chi connectivity index (χ4n) is 3.98. The maximum atomic E-state index is 13.1. The molecule has 0 radical (unpaired) electrons. The van der Waals surface area contributed by atoms with Gasteiger partial charge in [0.2, 0.25) is 10.0 Å². The fourth-order valence-corrected chi connectivity index (χ4v) is 6.62. The SMILES string of the molecule is C#CCn1c(=NC(=O)c2ccc(S(=O)(=O)N3C[C@@H](C)O[C@@H](C)C3)cc2)sc2cccc(OC)c21. The van der Waals surface area contributed by atoms with Crippen LogP contribution in [-0.4, -0.2) is 55.6 Å². The van der Waals surface area contributed by atoms with Crippen LogP contribution in [0.15, 0.2) is 52.4 Å². The highest BCUT2D eigenvalue weighted by Gasteiger charge is 2.32. The summed E-state index contributed by atoms with van der Waals surface area (Å²) in [7, 11) is -2.12. The molecule has 1 amide bonds. The summed E-state index contributed by atoms with van der Waals surface area (Å²) < 4.78 is 41.3. The van der Waals surface area contributed by atoms with Gasteiger partial charge in [-0.25, -0.2) is 8.42 Å². The van der Waals surface area contributed by atoms with Gasteiger partial charge in [-0.05, 0) is 50.2 Å². The lowest BCUT2D eigenvalue weighted by molar-refractivity contribution is -0.0440. The van der Waals surface area contributed by atoms with E-state index in [1.807, 2.05) is 32.0 Å². The van der Waals surface area contributed by atoms with E-state index in [1.165, 1.54) is 39.9 Å². The summed E-state index contributed by atoms with van der Waals surface area (Å²) in [5, 5.41) is 0. The molecular formula is C24H25N3O5S2. The number of sulfonamides is 1. The number of methoxy groups -OCH3 is 1. The van der Waals surface area contributed by atoms with Crippen molar-refractivity contribution in [2.45, 2.75) is 37.5 Å². The molecule has 1 aromatic heterocycles. The van der Waals surface area contributed by atoms with Gasteiger partial charge in [-0.1, -0.05) is 23.3 Å². The molecule has 0 aliphatic carbocycles. The summed E-state index contributed by atoms with van der Waals surface area (Å²) in [6, 6.07) is 11.4. The average Bonchev–Trinajstić information content (AvgIpc) is 3.15. The quantitative estimate of drug-likeness (QED) is 0.504. The largest absolute Gasteiger partial charge is 0.495 e. The van der Waals surface area contributed by atoms with Crippen molar-refractivity contribution in [1.82, 2.24) is 8.87 Å². The third-order valence-electron chi connectivity index (χ3n) is 5.46. The van der Waals surface area contributed by atoms with Gasteiger partial charge in [-0.3, -0.25) is 4.79 Å². The first-order chi connectivity index (χ1) is 16.2. The molecule has 8 nitrogen and oxygen atoms in total. The predicted molar refractivity (Wildman–Crippen MR) is 130 cm³/mol. The molecule has 2 aromatic carbocycles. The number of carbonyl (C=O) groups is 1. The van der Waals surface area contributed by atoms with Crippen LogP contribution in [0.1, 0.15) is 24.2 Å². The van der Waals surface area contributed by atoms with Gasteiger partial charge in [0, 0.05) is 18.7 Å². The van der Waals surface area contributed by atoms with Crippen molar-refractivity contribution in [2.24, 2.45) is 4.99 Å². The van der Waals surface area contributed by atoms with Gasteiger partial charge in [-0.2, -0.15) is 9.30 Å². The molecule has 1 aliphatic rings. The molecule has 0 N–H and O–H groups in total. The van der Waals surface area contributed by atoms with E-state index in [-0.39, 0.29) is 42.3 Å². The number of benzene rings is 2. The van der Waals surface area contributed by atoms with Crippen molar-refractivity contribution in [3.63, 3.8) is 0 Å². The normalized spacial score (nSPS) is 19.8. The van der Waals surface area contributed by atoms with E-state index in [4.69, 9.17) is 15.9 Å². The Morgan fingerprint density at radius 1 is 1.21 bits per heavy atom. The van der Waals surface area contributed by atoms with Crippen LogP contribution in [0.5, 0.6) is 5.75 Å². The number of hydrogen-bond acceptors (Lipinski definition) is 6. The lowest BCUT2D eigenvalue weighted by atomic mass is 10.2. The molecule has 0 spiro atoms. The van der Waals surface area contributed by atoms with Gasteiger partial charge in [0.1, 0.15) is 11.3 Å². The molecule has 2 atom stereocenters. The number of thiazole rings is 1. The van der Waals surface area contributed by atoms with Crippen LogP contribution in [0.3, 0.4) is 0 Å². The van der Waals surface area contributed by atoms with Crippen LogP contribution in [0.2, 0.25) is 0 Å². The molecule has 0 bridgehead atoms. The molecule has 1 fully saturated rings. The van der Waals surface area contributed by atoms with Crippen molar-refractivity contribution in [1.29, 1.82) is 0 Å². The molecular weight excluding hydrogens is 474 g/mol. The third-order valence-corrected chi connectivity index (χ3v) is 8.35. The summed E-state index contributed by atoms with van der Waals surface area (Å²) in [5.41, 5.74) is 1.05. The van der Waals surface area contributed by atoms with Crippen LogP contribution in [-0.2, 0) is 21.3 Å². The Bertz CT molecular complexity index is 1420. The van der Waals surface area contributed by atoms with Crippen LogP contribution in [0, 0.1) is 12.3 Å². The molecule has 1 saturated heterocycles. The van der Waals surface area contributed by atoms with E-state index in [0.717, 1.165) is 10.2 Å². The first-order valence-electron chi connectivity index (χ1n) is 10.7. The molecule has 3 aromatic rings. The van der Waals surface area contributed by atoms with Gasteiger partial charge in [0.25, 0.3) is 5.91 Å². The Labute approximate surface area is 202 Å². The molecule has 10 heteroatoms. The summed E-state index contributed by atoms with van der Waals surface area (Å²) in [6.45, 7) is 4.48. The number of fused-ring (bicyclic) bond motifs is 1. The fraction of sp³-hybridized carbons (Fsp3) is 0.333. The Balaban J connectivity index is 1.66. The van der Waals surface area contributed by atoms with E-state index in [1.54, 1.807) is 11.7 Å². The second-order valence-corrected chi connectivity index (χ2v) is 10.9. The van der Waals surface area contributed by atoms with E-state index < -0.39 is 15.9 Å². The number of hydrogen-bond donors (Lipinski definition) is 0. The monoisotopic (exact) mass is 499 g/mol. The van der Waals surface area contributed by atoms with E-state index in [9.17, 15) is 13.2 Å². The van der Waals surface area contributed by atoms with E-state index in [0.29, 0.717) is 10.6 Å². The number of terminal acetylenes is 1. The van der Waals surface area contributed by atoms with Crippen LogP contribution < -0.4 is 9.54 Å². The maximum absolute atomic E-state index is 13.1. The van der Waals surface area contributed by atoms with E-state index >= 15 is 0 Å². The van der Waals surface area contributed by atoms with Gasteiger partial charge in [-0.15, -0.1) is 6.42 Å². The number of morpholine rings is 1. The van der Waals surface area contributed by atoms with Crippen LogP contribution in [0.4, 0.5) is 0 Å². The number of ether oxygens (including phenoxy) is 2. The second kappa shape index (κ2) is 9.72. The Kier molecular flexibility index (Phi) is 6.91. The second-order valence-electron chi connectivity index (χ2n) is 8.00. The zero-order valence-electron chi connectivity index (χ0n) is 19.1. The minimum Gasteiger partial charge on any atom is -0.495 e. The minimum atomic E-state index is -3.69. The number of para-hydroxylation sites is 1. The summed E-state index contributed by atoms with van der Waals surface area (Å²) in [4.78, 5) is 17.8. The van der Waals surface area contributed by atoms with Crippen molar-refractivity contribution < 1.29 is 22.7 Å². The van der Waals surface area contributed by atoms with Crippen molar-refractivity contribution in [3.8, 4) is 18.1 Å². The molecule has 34 heavy (non-hydrogen) atoms. The number of amides is 1. The van der Waals surface area contributed by atoms with Gasteiger partial charge < -0.3 is 14.0 Å². The van der Waals surface area contributed by atoms with Gasteiger partial charge in [0.05, 0.1) is 35.5 Å². The Hall–Kier alpha value is -2.97. The number of rotatable bonds is 5. The zero-order valence-corrected chi connectivity index (χ0v) is 20.7. The predicted octanol–water partition coefficient (Wildman–Crippen LogP) is 2.88. The summed E-state index contributed by atoms with van der Waals surface area (Å²) >= 11 is 1.33. The van der Waals surface area contributed by atoms with Crippen LogP contribution in [0.25, 0.3) is 10.2 Å². The molecule has 178 valence electrons. The summed E-state index contributed by atoms with van der Waals surface area (Å²) in [5.74, 6) is 2.74. The van der Waals surface area contributed by atoms with Gasteiger partial charge in [0.15, 0.2) is 4.80 Å². The first kappa shape index (κ1) is 24.2. The molecule has 0 saturated carbocycles. The first-order valence-corrected chi connectivity index (χ1v) is 12.9. The number of carbonyl (C=O) groups excluding carboxylic acids is 1. The minimum absolute atomic E-state index is 0.124. The molecule has 4 rings (SSSR count). The van der Waals surface area contributed by atoms with Gasteiger partial charge >= 0.3 is 0 Å². The van der Waals surface area contributed by atoms with Crippen molar-refractivity contribution in [2.75, 3.05) is 20.2 Å². The lowest BCUT2D eigenvalue weighted by Crippen LogP contribution is -2.48. The third kappa shape index (κ3) is 4.65. The smallest absolute Gasteiger partial charge is 0.279 e.